The molecular formula is C51H53BBr4F5N11O7. The van der Waals surface area contributed by atoms with E-state index >= 15 is 0 Å². The third kappa shape index (κ3) is 17.9. The van der Waals surface area contributed by atoms with Crippen LogP contribution < -0.4 is 11.2 Å². The summed E-state index contributed by atoms with van der Waals surface area (Å²) >= 11 is 12.0. The number of aromatic nitrogens is 9. The van der Waals surface area contributed by atoms with Gasteiger partial charge in [-0.15, -0.1) is 0 Å². The number of carboxylic acids is 1. The number of ether oxygens (including phenoxy) is 2. The highest BCUT2D eigenvalue weighted by atomic mass is 79.9. The number of rotatable bonds is 9. The number of halogens is 9. The van der Waals surface area contributed by atoms with Crippen molar-refractivity contribution in [2.45, 2.75) is 45.3 Å². The molecule has 4 N–H and O–H groups in total. The predicted molar refractivity (Wildman–Crippen MR) is 301 cm³/mol. The molecule has 79 heavy (non-hydrogen) atoms. The van der Waals surface area contributed by atoms with Gasteiger partial charge in [0.2, 0.25) is 6.41 Å². The minimum atomic E-state index is -1.26. The van der Waals surface area contributed by atoms with Crippen molar-refractivity contribution >= 4 is 88.2 Å². The van der Waals surface area contributed by atoms with Crippen molar-refractivity contribution in [3.8, 4) is 34.2 Å². The number of aryl methyl sites for hydroxylation is 2. The maximum Gasteiger partial charge on any atom is 0.497 e. The Hall–Kier alpha value is -6.11. The molecule has 1 aliphatic rings. The summed E-state index contributed by atoms with van der Waals surface area (Å²) in [7, 11) is 9.73. The molecule has 18 nitrogen and oxygen atoms in total. The first kappa shape index (κ1) is 65.4. The first-order valence-electron chi connectivity index (χ1n) is 22.9. The Balaban J connectivity index is 0.000000211. The van der Waals surface area contributed by atoms with Gasteiger partial charge in [-0.05, 0) is 160 Å². The Morgan fingerprint density at radius 2 is 1.05 bits per heavy atom. The van der Waals surface area contributed by atoms with Crippen LogP contribution in [0.25, 0.3) is 34.2 Å². The molecule has 0 aliphatic carbocycles. The Labute approximate surface area is 485 Å². The van der Waals surface area contributed by atoms with E-state index < -0.39 is 47.6 Å². The highest BCUT2D eigenvalue weighted by Crippen LogP contribution is 2.37. The van der Waals surface area contributed by atoms with Crippen LogP contribution in [0.15, 0.2) is 128 Å². The molecule has 0 bridgehead atoms. The van der Waals surface area contributed by atoms with Crippen LogP contribution in [0.2, 0.25) is 0 Å². The molecule has 1 fully saturated rings. The highest BCUT2D eigenvalue weighted by molar-refractivity contribution is 9.11. The van der Waals surface area contributed by atoms with Crippen molar-refractivity contribution in [3.63, 3.8) is 0 Å². The Kier molecular flexibility index (Phi) is 24.8. The predicted octanol–water partition coefficient (Wildman–Crippen LogP) is 10.8. The lowest BCUT2D eigenvalue weighted by atomic mass is 9.77. The van der Waals surface area contributed by atoms with Gasteiger partial charge in [-0.2, -0.15) is 15.3 Å². The molecule has 0 saturated carbocycles. The van der Waals surface area contributed by atoms with Crippen molar-refractivity contribution in [2.24, 2.45) is 19.8 Å². The van der Waals surface area contributed by atoms with Gasteiger partial charge in [0.25, 0.3) is 5.91 Å². The second-order valence-corrected chi connectivity index (χ2v) is 20.8. The third-order valence-electron chi connectivity index (χ3n) is 11.0. The molecule has 0 atom stereocenters. The first-order valence-corrected chi connectivity index (χ1v) is 26.1. The number of aromatic carboxylic acids is 1. The van der Waals surface area contributed by atoms with Crippen molar-refractivity contribution in [1.29, 1.82) is 0 Å². The smallest absolute Gasteiger partial charge is 0.478 e. The van der Waals surface area contributed by atoms with Crippen molar-refractivity contribution in [1.82, 2.24) is 49.6 Å². The largest absolute Gasteiger partial charge is 0.497 e. The monoisotopic (exact) mass is 1350 g/mol. The van der Waals surface area contributed by atoms with Gasteiger partial charge in [0.1, 0.15) is 42.3 Å². The summed E-state index contributed by atoms with van der Waals surface area (Å²) in [5.74, 6) is -3.28. The molecule has 1 aliphatic heterocycles. The van der Waals surface area contributed by atoms with E-state index in [1.807, 2.05) is 46.7 Å². The molecule has 8 aromatic rings. The molecule has 3 aromatic heterocycles. The van der Waals surface area contributed by atoms with Gasteiger partial charge in [0, 0.05) is 33.8 Å². The van der Waals surface area contributed by atoms with E-state index in [4.69, 9.17) is 29.6 Å². The van der Waals surface area contributed by atoms with Crippen LogP contribution in [0.4, 0.5) is 22.0 Å². The van der Waals surface area contributed by atoms with Gasteiger partial charge in [0.05, 0.1) is 56.9 Å². The molecule has 1 saturated heterocycles. The number of nitrogens with two attached hydrogens (primary N) is 1. The summed E-state index contributed by atoms with van der Waals surface area (Å²) in [4.78, 5) is 34.6. The van der Waals surface area contributed by atoms with E-state index in [2.05, 4.69) is 99.1 Å². The van der Waals surface area contributed by atoms with Gasteiger partial charge in [-0.3, -0.25) is 24.2 Å². The van der Waals surface area contributed by atoms with Gasteiger partial charge in [-0.25, -0.2) is 41.7 Å². The average molecular weight is 1360 g/mol. The van der Waals surface area contributed by atoms with Gasteiger partial charge < -0.3 is 29.6 Å². The number of carboxylic acid groups (broad SMARTS) is 1. The number of hydrogen-bond acceptors (Lipinski definition) is 13. The number of carbonyl (C=O) groups is 2. The topological polar surface area (TPSA) is 224 Å². The quantitative estimate of drug-likeness (QED) is 0.0695. The molecule has 5 aromatic carbocycles. The Bertz CT molecular complexity index is 3220. The van der Waals surface area contributed by atoms with E-state index in [0.29, 0.717) is 48.6 Å². The lowest BCUT2D eigenvalue weighted by molar-refractivity contribution is -0.179. The van der Waals surface area contributed by atoms with Crippen molar-refractivity contribution < 1.29 is 55.4 Å². The second-order valence-electron chi connectivity index (χ2n) is 17.4. The van der Waals surface area contributed by atoms with E-state index in [1.54, 1.807) is 89.0 Å². The van der Waals surface area contributed by atoms with Crippen LogP contribution in [0.3, 0.4) is 0 Å². The van der Waals surface area contributed by atoms with E-state index in [1.165, 1.54) is 58.7 Å². The zero-order valence-electron chi connectivity index (χ0n) is 43.9. The van der Waals surface area contributed by atoms with Crippen molar-refractivity contribution in [2.75, 3.05) is 28.3 Å². The lowest BCUT2D eigenvalue weighted by Gasteiger charge is -2.32. The molecule has 4 heterocycles. The van der Waals surface area contributed by atoms with E-state index in [9.17, 15) is 31.5 Å². The summed E-state index contributed by atoms with van der Waals surface area (Å²) in [5.41, 5.74) is 4.96. The minimum absolute atomic E-state index is 0.0978. The number of hydrogen-bond donors (Lipinski definition) is 3. The molecule has 0 spiro atoms. The maximum absolute atomic E-state index is 14.9. The maximum atomic E-state index is 14.9. The number of methoxy groups -OCH3 is 2. The number of carbonyl (C=O) groups excluding carboxylic acids is 1. The normalized spacial score (nSPS) is 12.8. The highest BCUT2D eigenvalue weighted by Gasteiger charge is 2.52. The second kappa shape index (κ2) is 29.9. The van der Waals surface area contributed by atoms with Crippen LogP contribution in [-0.2, 0) is 32.9 Å². The summed E-state index contributed by atoms with van der Waals surface area (Å²) in [6.45, 7) is 7.76. The number of amides is 1. The number of benzene rings is 5. The molecule has 420 valence electrons. The molecular weight excluding hydrogens is 1300 g/mol. The van der Waals surface area contributed by atoms with E-state index in [0.717, 1.165) is 0 Å². The molecule has 0 unspecified atom stereocenters. The van der Waals surface area contributed by atoms with Crippen LogP contribution in [0, 0.1) is 29.1 Å². The van der Waals surface area contributed by atoms with E-state index in [-0.39, 0.29) is 38.1 Å². The molecule has 28 heteroatoms. The number of H-pyrrole nitrogens is 1. The zero-order chi connectivity index (χ0) is 58.9. The lowest BCUT2D eigenvalue weighted by Crippen LogP contribution is -2.41. The fourth-order valence-corrected chi connectivity index (χ4v) is 7.84. The summed E-state index contributed by atoms with van der Waals surface area (Å²) in [6.07, 6.45) is 4.21. The Morgan fingerprint density at radius 3 is 1.42 bits per heavy atom. The zero-order valence-corrected chi connectivity index (χ0v) is 50.3. The molecule has 1 amide bonds. The van der Waals surface area contributed by atoms with Crippen molar-refractivity contribution in [3.05, 3.63) is 168 Å². The molecule has 0 radical (unpaired) electrons. The summed E-state index contributed by atoms with van der Waals surface area (Å²) in [5, 5.41) is 22.9. The van der Waals surface area contributed by atoms with Gasteiger partial charge in [0.15, 0.2) is 23.3 Å². The molecule has 9 rings (SSSR count). The summed E-state index contributed by atoms with van der Waals surface area (Å²) in [6, 6.07) is 23.6. The fraction of sp³-hybridized carbons (Fsp3) is 0.255. The SMILES string of the molecule is COC(OC)N(C)C.Cn1cnc(-c2cccc(B3OC(C)(C)C(C)(C)O3)c2F)n1.Cn1cnc(-c2cccc(Br)c2F)n1.Fc1c(Br)cccc1-c1ncn[nH]1.NC(=O)c1cccc(Br)c1F.O=C(O)c1cccc(Br)c1F. The fourth-order valence-electron chi connectivity index (χ4n) is 6.38. The van der Waals surface area contributed by atoms with Crippen LogP contribution in [-0.4, -0.2) is 120 Å². The third-order valence-corrected chi connectivity index (χ3v) is 13.5. The standard InChI is InChI=1S/C15H19BFN3O2.C9H7BrFN3.C8H5BrFN3.C7H5BrFNO.C7H4BrFO2.C5H13NO2/c1-14(2)15(3,4)22-16(21-14)11-8-6-7-10(12(11)17)13-18-9-20(5)19-13;1-14-5-12-9(13-14)6-3-2-4-7(10)8(6)11;9-6-3-1-2-5(7(6)10)8-11-4-12-13-8;2*8-5-3-1-2-4(6(5)9)7(10)11;1-6(2)5(7-3)8-4/h6-9H,1-5H3;2-5H,1H3;1-4H,(H,11,12,13);1-3H,(H2,10,11);1-3H,(H,10,11);5H,1-4H3. The number of nitrogens with one attached hydrogen (secondary N) is 1. The minimum Gasteiger partial charge on any atom is -0.478 e. The number of aromatic amines is 1. The first-order chi connectivity index (χ1) is 37.2. The van der Waals surface area contributed by atoms with Gasteiger partial charge in [-0.1, -0.05) is 36.4 Å². The summed E-state index contributed by atoms with van der Waals surface area (Å²) < 4.78 is 93.5. The average Bonchev–Trinajstić information content (AvgIpc) is 4.35. The number of primary amides is 1. The number of nitrogens with zero attached hydrogens (tertiary/aromatic N) is 9. The van der Waals surface area contributed by atoms with Crippen LogP contribution in [0.1, 0.15) is 48.4 Å². The van der Waals surface area contributed by atoms with Crippen LogP contribution >= 0.6 is 63.7 Å². The van der Waals surface area contributed by atoms with Crippen LogP contribution in [0.5, 0.6) is 0 Å². The van der Waals surface area contributed by atoms with Gasteiger partial charge >= 0.3 is 13.1 Å². The Morgan fingerprint density at radius 1 is 0.646 bits per heavy atom.